The molecule has 130 valence electrons. The molecule has 0 unspecified atom stereocenters. The van der Waals surface area contributed by atoms with E-state index in [-0.39, 0.29) is 24.4 Å². The Kier molecular flexibility index (Phi) is 8.69. The summed E-state index contributed by atoms with van der Waals surface area (Å²) >= 11 is 7.68. The summed E-state index contributed by atoms with van der Waals surface area (Å²) in [6.45, 7) is 5.90. The van der Waals surface area contributed by atoms with Crippen LogP contribution in [0.2, 0.25) is 5.15 Å². The summed E-state index contributed by atoms with van der Waals surface area (Å²) in [5.74, 6) is 0.714. The van der Waals surface area contributed by atoms with Gasteiger partial charge in [0.1, 0.15) is 5.15 Å². The van der Waals surface area contributed by atoms with Gasteiger partial charge in [-0.25, -0.2) is 4.98 Å². The van der Waals surface area contributed by atoms with Crippen molar-refractivity contribution in [2.75, 3.05) is 13.1 Å². The summed E-state index contributed by atoms with van der Waals surface area (Å²) in [7, 11) is 0. The first-order valence-corrected chi connectivity index (χ1v) is 9.12. The summed E-state index contributed by atoms with van der Waals surface area (Å²) in [4.78, 5) is 18.7. The number of carbonyl (C=O) groups is 1. The van der Waals surface area contributed by atoms with Crippen molar-refractivity contribution in [3.05, 3.63) is 23.4 Å². The molecule has 1 fully saturated rings. The fourth-order valence-corrected chi connectivity index (χ4v) is 4.06. The number of nitrogens with zero attached hydrogens (tertiary/aromatic N) is 2. The molecule has 0 spiro atoms. The number of carbonyl (C=O) groups excluding carboxylic acids is 1. The van der Waals surface area contributed by atoms with Gasteiger partial charge in [0.05, 0.1) is 5.03 Å². The highest BCUT2D eigenvalue weighted by atomic mass is 35.5. The maximum Gasteiger partial charge on any atom is 0.280 e. The third-order valence-corrected chi connectivity index (χ3v) is 5.32. The standard InChI is InChI=1S/C16H24ClN3OS.ClH/c1-11(2)10-13(18)16(21)20-8-6-12(7-9-20)22-15-5-3-4-14(17)19-15;/h3-5,11-13H,6-10,18H2,1-2H3;1H/t13-;/m0./s1. The molecule has 2 heterocycles. The predicted octanol–water partition coefficient (Wildman–Crippen LogP) is -0.521. The first-order valence-electron chi connectivity index (χ1n) is 7.86. The molecule has 1 saturated heterocycles. The number of halogens is 2. The monoisotopic (exact) mass is 377 g/mol. The quantitative estimate of drug-likeness (QED) is 0.702. The molecule has 3 N–H and O–H groups in total. The van der Waals surface area contributed by atoms with Crippen molar-refractivity contribution < 1.29 is 22.9 Å². The second-order valence-corrected chi connectivity index (χ2v) is 7.98. The highest BCUT2D eigenvalue weighted by Gasteiger charge is 2.29. The summed E-state index contributed by atoms with van der Waals surface area (Å²) in [6.07, 6.45) is 2.86. The first-order chi connectivity index (χ1) is 10.5. The second-order valence-electron chi connectivity index (χ2n) is 6.27. The summed E-state index contributed by atoms with van der Waals surface area (Å²) in [5, 5.41) is 2.00. The second kappa shape index (κ2) is 9.72. The van der Waals surface area contributed by atoms with E-state index >= 15 is 0 Å². The Balaban J connectivity index is 0.00000264. The van der Waals surface area contributed by atoms with Gasteiger partial charge in [-0.15, -0.1) is 11.8 Å². The van der Waals surface area contributed by atoms with E-state index in [0.717, 1.165) is 37.4 Å². The van der Waals surface area contributed by atoms with Crippen molar-refractivity contribution in [2.45, 2.75) is 49.4 Å². The molecule has 0 saturated carbocycles. The van der Waals surface area contributed by atoms with E-state index in [1.165, 1.54) is 0 Å². The number of aromatic nitrogens is 1. The van der Waals surface area contributed by atoms with Crippen LogP contribution in [0.3, 0.4) is 0 Å². The van der Waals surface area contributed by atoms with Crippen LogP contribution in [0.4, 0.5) is 0 Å². The summed E-state index contributed by atoms with van der Waals surface area (Å²) in [5.41, 5.74) is 4.03. The molecule has 7 heteroatoms. The minimum absolute atomic E-state index is 0. The normalized spacial score (nSPS) is 17.0. The van der Waals surface area contributed by atoms with Gasteiger partial charge in [0.25, 0.3) is 5.91 Å². The SMILES string of the molecule is CC(C)C[C@H]([NH3+])C(=O)N1CCC(Sc2cccc(Cl)n2)CC1.[Cl-]. The zero-order valence-corrected chi connectivity index (χ0v) is 16.0. The molecule has 0 bridgehead atoms. The predicted molar refractivity (Wildman–Crippen MR) is 90.8 cm³/mol. The van der Waals surface area contributed by atoms with Crippen LogP contribution in [0.25, 0.3) is 0 Å². The van der Waals surface area contributed by atoms with Gasteiger partial charge in [-0.2, -0.15) is 0 Å². The van der Waals surface area contributed by atoms with Crippen LogP contribution in [0.15, 0.2) is 23.2 Å². The van der Waals surface area contributed by atoms with Gasteiger partial charge in [-0.05, 0) is 30.9 Å². The summed E-state index contributed by atoms with van der Waals surface area (Å²) in [6, 6.07) is 5.59. The number of quaternary nitrogens is 1. The molecule has 4 nitrogen and oxygen atoms in total. The van der Waals surface area contributed by atoms with Gasteiger partial charge in [0.15, 0.2) is 6.04 Å². The molecule has 0 radical (unpaired) electrons. The van der Waals surface area contributed by atoms with Crippen molar-refractivity contribution >= 4 is 29.3 Å². The minimum Gasteiger partial charge on any atom is -1.00 e. The van der Waals surface area contributed by atoms with E-state index in [9.17, 15) is 4.79 Å². The van der Waals surface area contributed by atoms with Crippen LogP contribution in [-0.2, 0) is 4.79 Å². The highest BCUT2D eigenvalue weighted by molar-refractivity contribution is 7.99. The Hall–Kier alpha value is -0.490. The van der Waals surface area contributed by atoms with Crippen LogP contribution < -0.4 is 18.1 Å². The molecule has 1 atom stereocenters. The van der Waals surface area contributed by atoms with Crippen molar-refractivity contribution in [1.29, 1.82) is 0 Å². The van der Waals surface area contributed by atoms with E-state index in [0.29, 0.717) is 16.3 Å². The molecular formula is C16H25Cl2N3OS. The van der Waals surface area contributed by atoms with Crippen LogP contribution in [0.1, 0.15) is 33.1 Å². The molecule has 2 rings (SSSR count). The van der Waals surface area contributed by atoms with Crippen LogP contribution >= 0.6 is 23.4 Å². The topological polar surface area (TPSA) is 60.8 Å². The number of thioether (sulfide) groups is 1. The molecule has 1 aliphatic heterocycles. The molecule has 1 amide bonds. The van der Waals surface area contributed by atoms with E-state index in [2.05, 4.69) is 24.6 Å². The van der Waals surface area contributed by atoms with E-state index in [4.69, 9.17) is 11.6 Å². The lowest BCUT2D eigenvalue weighted by Crippen LogP contribution is -3.00. The van der Waals surface area contributed by atoms with Crippen molar-refractivity contribution in [2.24, 2.45) is 5.92 Å². The third kappa shape index (κ3) is 6.49. The van der Waals surface area contributed by atoms with E-state index < -0.39 is 0 Å². The Morgan fingerprint density at radius 1 is 1.43 bits per heavy atom. The van der Waals surface area contributed by atoms with E-state index in [1.54, 1.807) is 17.8 Å². The summed E-state index contributed by atoms with van der Waals surface area (Å²) < 4.78 is 0. The Morgan fingerprint density at radius 3 is 2.65 bits per heavy atom. The lowest BCUT2D eigenvalue weighted by atomic mass is 10.0. The molecule has 1 aliphatic rings. The van der Waals surface area contributed by atoms with Crippen LogP contribution in [-0.4, -0.2) is 40.2 Å². The fraction of sp³-hybridized carbons (Fsp3) is 0.625. The lowest BCUT2D eigenvalue weighted by molar-refractivity contribution is -0.408. The molecule has 0 aliphatic carbocycles. The van der Waals surface area contributed by atoms with Gasteiger partial charge in [0, 0.05) is 24.8 Å². The van der Waals surface area contributed by atoms with E-state index in [1.807, 2.05) is 17.0 Å². The van der Waals surface area contributed by atoms with Crippen molar-refractivity contribution in [3.8, 4) is 0 Å². The van der Waals surface area contributed by atoms with Gasteiger partial charge >= 0.3 is 0 Å². The van der Waals surface area contributed by atoms with Crippen LogP contribution in [0, 0.1) is 5.92 Å². The number of hydrogen-bond donors (Lipinski definition) is 1. The zero-order valence-electron chi connectivity index (χ0n) is 13.7. The Morgan fingerprint density at radius 2 is 2.09 bits per heavy atom. The first kappa shape index (κ1) is 20.6. The van der Waals surface area contributed by atoms with Crippen LogP contribution in [0.5, 0.6) is 0 Å². The van der Waals surface area contributed by atoms with Gasteiger partial charge in [0.2, 0.25) is 0 Å². The maximum atomic E-state index is 12.4. The molecule has 1 aromatic heterocycles. The highest BCUT2D eigenvalue weighted by Crippen LogP contribution is 2.30. The largest absolute Gasteiger partial charge is 1.00 e. The van der Waals surface area contributed by atoms with Crippen molar-refractivity contribution in [1.82, 2.24) is 9.88 Å². The number of amides is 1. The number of likely N-dealkylation sites (tertiary alicyclic amines) is 1. The lowest BCUT2D eigenvalue weighted by Gasteiger charge is -2.32. The number of hydrogen-bond acceptors (Lipinski definition) is 3. The smallest absolute Gasteiger partial charge is 0.280 e. The average molecular weight is 378 g/mol. The number of piperidine rings is 1. The van der Waals surface area contributed by atoms with Gasteiger partial charge in [-0.3, -0.25) is 4.79 Å². The van der Waals surface area contributed by atoms with Gasteiger partial charge in [-0.1, -0.05) is 31.5 Å². The van der Waals surface area contributed by atoms with Gasteiger partial charge < -0.3 is 23.0 Å². The molecular weight excluding hydrogens is 353 g/mol. The fourth-order valence-electron chi connectivity index (χ4n) is 2.75. The Bertz CT molecular complexity index is 508. The maximum absolute atomic E-state index is 12.4. The number of rotatable bonds is 5. The zero-order chi connectivity index (χ0) is 16.1. The minimum atomic E-state index is -0.112. The third-order valence-electron chi connectivity index (χ3n) is 3.84. The molecule has 0 aromatic carbocycles. The van der Waals surface area contributed by atoms with Crippen molar-refractivity contribution in [3.63, 3.8) is 0 Å². The molecule has 1 aromatic rings. The molecule has 23 heavy (non-hydrogen) atoms. The Labute approximate surface area is 154 Å². The number of pyridine rings is 1. The average Bonchev–Trinajstić information content (AvgIpc) is 2.46.